The van der Waals surface area contributed by atoms with Crippen LogP contribution >= 0.6 is 0 Å². The van der Waals surface area contributed by atoms with Crippen LogP contribution in [0.1, 0.15) is 13.3 Å². The van der Waals surface area contributed by atoms with E-state index >= 15 is 0 Å². The number of hydrogen-bond donors (Lipinski definition) is 2. The van der Waals surface area contributed by atoms with Crippen molar-refractivity contribution in [3.8, 4) is 11.5 Å². The predicted molar refractivity (Wildman–Crippen MR) is 108 cm³/mol. The van der Waals surface area contributed by atoms with Crippen LogP contribution < -0.4 is 20.1 Å². The molecule has 1 aliphatic heterocycles. The van der Waals surface area contributed by atoms with E-state index in [1.165, 1.54) is 0 Å². The molecule has 27 heavy (non-hydrogen) atoms. The van der Waals surface area contributed by atoms with Crippen LogP contribution in [0.3, 0.4) is 0 Å². The Bertz CT molecular complexity index is 971. The smallest absolute Gasteiger partial charge is 0.246 e. The molecule has 138 valence electrons. The molecule has 1 unspecified atom stereocenters. The highest BCUT2D eigenvalue weighted by Crippen LogP contribution is 2.32. The van der Waals surface area contributed by atoms with Gasteiger partial charge in [-0.1, -0.05) is 30.3 Å². The van der Waals surface area contributed by atoms with Crippen LogP contribution in [0.15, 0.2) is 60.7 Å². The molecular formula is C22H22N2O3. The molecule has 0 aromatic heterocycles. The minimum atomic E-state index is -0.402. The Hall–Kier alpha value is -3.21. The van der Waals surface area contributed by atoms with Gasteiger partial charge in [0.1, 0.15) is 6.04 Å². The zero-order chi connectivity index (χ0) is 18.6. The highest BCUT2D eigenvalue weighted by atomic mass is 16.5. The van der Waals surface area contributed by atoms with Crippen molar-refractivity contribution in [2.24, 2.45) is 0 Å². The van der Waals surface area contributed by atoms with Gasteiger partial charge in [-0.05, 0) is 42.0 Å². The third-order valence-corrected chi connectivity index (χ3v) is 4.54. The molecular weight excluding hydrogens is 340 g/mol. The molecule has 0 radical (unpaired) electrons. The molecule has 2 N–H and O–H groups in total. The summed E-state index contributed by atoms with van der Waals surface area (Å²) < 4.78 is 11.3. The Balaban J connectivity index is 1.43. The maximum absolute atomic E-state index is 12.6. The van der Waals surface area contributed by atoms with E-state index in [-0.39, 0.29) is 5.91 Å². The lowest BCUT2D eigenvalue weighted by Gasteiger charge is -2.17. The van der Waals surface area contributed by atoms with E-state index in [0.717, 1.165) is 34.3 Å². The van der Waals surface area contributed by atoms with E-state index < -0.39 is 6.04 Å². The zero-order valence-corrected chi connectivity index (χ0v) is 15.2. The number of carbonyl (C=O) groups excluding carboxylic acids is 1. The first kappa shape index (κ1) is 17.2. The highest BCUT2D eigenvalue weighted by Gasteiger charge is 2.15. The first-order chi connectivity index (χ1) is 13.2. The molecule has 0 saturated heterocycles. The standard InChI is InChI=1S/C22H22N2O3/c1-15(23-19-9-10-20-21(14-19)27-12-4-11-26-20)22(25)24-18-8-7-16-5-2-3-6-17(16)13-18/h2-3,5-10,13-15,23H,4,11-12H2,1H3,(H,24,25). The van der Waals surface area contributed by atoms with Crippen molar-refractivity contribution in [3.05, 3.63) is 60.7 Å². The fraction of sp³-hybridized carbons (Fsp3) is 0.227. The third kappa shape index (κ3) is 3.97. The topological polar surface area (TPSA) is 59.6 Å². The highest BCUT2D eigenvalue weighted by molar-refractivity contribution is 5.98. The van der Waals surface area contributed by atoms with Crippen LogP contribution in [0.5, 0.6) is 11.5 Å². The largest absolute Gasteiger partial charge is 0.490 e. The zero-order valence-electron chi connectivity index (χ0n) is 15.2. The molecule has 0 aliphatic carbocycles. The molecule has 1 atom stereocenters. The number of hydrogen-bond acceptors (Lipinski definition) is 4. The SMILES string of the molecule is CC(Nc1ccc2c(c1)OCCCO2)C(=O)Nc1ccc2ccccc2c1. The van der Waals surface area contributed by atoms with Crippen molar-refractivity contribution in [3.63, 3.8) is 0 Å². The molecule has 3 aromatic carbocycles. The Kier molecular flexibility index (Phi) is 4.83. The average molecular weight is 362 g/mol. The molecule has 3 aromatic rings. The van der Waals surface area contributed by atoms with E-state index in [2.05, 4.69) is 16.7 Å². The summed E-state index contributed by atoms with van der Waals surface area (Å²) in [7, 11) is 0. The second-order valence-electron chi connectivity index (χ2n) is 6.63. The van der Waals surface area contributed by atoms with E-state index in [9.17, 15) is 4.79 Å². The molecule has 0 fully saturated rings. The van der Waals surface area contributed by atoms with Gasteiger partial charge in [0.25, 0.3) is 0 Å². The molecule has 4 rings (SSSR count). The Labute approximate surface area is 158 Å². The van der Waals surface area contributed by atoms with Gasteiger partial charge in [-0.2, -0.15) is 0 Å². The summed E-state index contributed by atoms with van der Waals surface area (Å²) in [6.07, 6.45) is 0.863. The Morgan fingerprint density at radius 1 is 0.889 bits per heavy atom. The van der Waals surface area contributed by atoms with Gasteiger partial charge in [-0.25, -0.2) is 0 Å². The molecule has 1 heterocycles. The van der Waals surface area contributed by atoms with Crippen LogP contribution in [0, 0.1) is 0 Å². The number of anilines is 2. The van der Waals surface area contributed by atoms with E-state index in [4.69, 9.17) is 9.47 Å². The summed E-state index contributed by atoms with van der Waals surface area (Å²) in [5.41, 5.74) is 1.60. The first-order valence-corrected chi connectivity index (χ1v) is 9.15. The molecule has 1 aliphatic rings. The number of fused-ring (bicyclic) bond motifs is 2. The lowest BCUT2D eigenvalue weighted by Crippen LogP contribution is -2.31. The minimum Gasteiger partial charge on any atom is -0.490 e. The molecule has 0 saturated carbocycles. The second-order valence-corrected chi connectivity index (χ2v) is 6.63. The van der Waals surface area contributed by atoms with Gasteiger partial charge in [0, 0.05) is 23.9 Å². The summed E-state index contributed by atoms with van der Waals surface area (Å²) in [6.45, 7) is 3.12. The normalized spacial score (nSPS) is 14.3. The van der Waals surface area contributed by atoms with Gasteiger partial charge in [0.2, 0.25) is 5.91 Å². The second kappa shape index (κ2) is 7.58. The van der Waals surface area contributed by atoms with Crippen molar-refractivity contribution in [1.82, 2.24) is 0 Å². The number of benzene rings is 3. The third-order valence-electron chi connectivity index (χ3n) is 4.54. The van der Waals surface area contributed by atoms with Gasteiger partial charge in [0.15, 0.2) is 11.5 Å². The lowest BCUT2D eigenvalue weighted by molar-refractivity contribution is -0.116. The van der Waals surface area contributed by atoms with Gasteiger partial charge in [0.05, 0.1) is 13.2 Å². The summed E-state index contributed by atoms with van der Waals surface area (Å²) in [6, 6.07) is 19.2. The minimum absolute atomic E-state index is 0.0996. The van der Waals surface area contributed by atoms with Crippen LogP contribution in [0.4, 0.5) is 11.4 Å². The molecule has 0 spiro atoms. The van der Waals surface area contributed by atoms with E-state index in [0.29, 0.717) is 19.0 Å². The first-order valence-electron chi connectivity index (χ1n) is 9.15. The van der Waals surface area contributed by atoms with Crippen LogP contribution in [0.2, 0.25) is 0 Å². The lowest BCUT2D eigenvalue weighted by atomic mass is 10.1. The van der Waals surface area contributed by atoms with Crippen molar-refractivity contribution in [1.29, 1.82) is 0 Å². The quantitative estimate of drug-likeness (QED) is 0.720. The number of carbonyl (C=O) groups is 1. The fourth-order valence-corrected chi connectivity index (χ4v) is 3.09. The van der Waals surface area contributed by atoms with E-state index in [1.54, 1.807) is 0 Å². The van der Waals surface area contributed by atoms with Gasteiger partial charge in [-0.15, -0.1) is 0 Å². The van der Waals surface area contributed by atoms with Crippen LogP contribution in [-0.4, -0.2) is 25.2 Å². The maximum Gasteiger partial charge on any atom is 0.246 e. The summed E-state index contributed by atoms with van der Waals surface area (Å²) in [4.78, 5) is 12.6. The maximum atomic E-state index is 12.6. The fourth-order valence-electron chi connectivity index (χ4n) is 3.09. The van der Waals surface area contributed by atoms with Crippen molar-refractivity contribution in [2.75, 3.05) is 23.8 Å². The van der Waals surface area contributed by atoms with E-state index in [1.807, 2.05) is 61.5 Å². The number of ether oxygens (including phenoxy) is 2. The molecule has 1 amide bonds. The van der Waals surface area contributed by atoms with Crippen molar-refractivity contribution in [2.45, 2.75) is 19.4 Å². The predicted octanol–water partition coefficient (Wildman–Crippen LogP) is 4.44. The van der Waals surface area contributed by atoms with Crippen LogP contribution in [0.25, 0.3) is 10.8 Å². The van der Waals surface area contributed by atoms with Crippen molar-refractivity contribution >= 4 is 28.1 Å². The van der Waals surface area contributed by atoms with Crippen molar-refractivity contribution < 1.29 is 14.3 Å². The Morgan fingerprint density at radius 3 is 2.48 bits per heavy atom. The summed E-state index contributed by atoms with van der Waals surface area (Å²) in [5, 5.41) is 8.43. The monoisotopic (exact) mass is 362 g/mol. The molecule has 5 nitrogen and oxygen atoms in total. The average Bonchev–Trinajstić information content (AvgIpc) is 2.93. The van der Waals surface area contributed by atoms with Gasteiger partial charge in [-0.3, -0.25) is 4.79 Å². The summed E-state index contributed by atoms with van der Waals surface area (Å²) in [5.74, 6) is 1.35. The number of rotatable bonds is 4. The van der Waals surface area contributed by atoms with Gasteiger partial charge < -0.3 is 20.1 Å². The number of amides is 1. The molecule has 5 heteroatoms. The Morgan fingerprint density at radius 2 is 1.63 bits per heavy atom. The summed E-state index contributed by atoms with van der Waals surface area (Å²) >= 11 is 0. The van der Waals surface area contributed by atoms with Gasteiger partial charge >= 0.3 is 0 Å². The molecule has 0 bridgehead atoms. The number of nitrogens with one attached hydrogen (secondary N) is 2. The van der Waals surface area contributed by atoms with Crippen LogP contribution in [-0.2, 0) is 4.79 Å².